The van der Waals surface area contributed by atoms with Crippen molar-refractivity contribution in [1.29, 1.82) is 0 Å². The number of nitrogens with zero attached hydrogens (tertiary/aromatic N) is 2. The van der Waals surface area contributed by atoms with E-state index in [9.17, 15) is 0 Å². The highest BCUT2D eigenvalue weighted by atomic mass is 79.9. The van der Waals surface area contributed by atoms with E-state index in [4.69, 9.17) is 25.6 Å². The van der Waals surface area contributed by atoms with Crippen molar-refractivity contribution in [2.45, 2.75) is 19.6 Å². The zero-order valence-corrected chi connectivity index (χ0v) is 12.7. The highest BCUT2D eigenvalue weighted by Gasteiger charge is 2.16. The Balaban J connectivity index is 2.09. The summed E-state index contributed by atoms with van der Waals surface area (Å²) in [6, 6.07) is 5.38. The second-order valence-electron chi connectivity index (χ2n) is 3.81. The van der Waals surface area contributed by atoms with Crippen LogP contribution < -0.4 is 4.74 Å². The number of aromatic nitrogens is 2. The molecule has 0 saturated heterocycles. The zero-order valence-electron chi connectivity index (χ0n) is 10.4. The fourth-order valence-electron chi connectivity index (χ4n) is 1.43. The van der Waals surface area contributed by atoms with Crippen molar-refractivity contribution >= 4 is 27.5 Å². The molecule has 1 aromatic carbocycles. The van der Waals surface area contributed by atoms with Crippen LogP contribution in [0, 0.1) is 0 Å². The van der Waals surface area contributed by atoms with Crippen molar-refractivity contribution in [2.24, 2.45) is 0 Å². The van der Waals surface area contributed by atoms with Crippen LogP contribution in [0.3, 0.4) is 0 Å². The van der Waals surface area contributed by atoms with Crippen LogP contribution >= 0.6 is 27.5 Å². The maximum Gasteiger partial charge on any atom is 0.252 e. The minimum Gasteiger partial charge on any atom is -0.481 e. The number of hydrogen-bond donors (Lipinski definition) is 0. The van der Waals surface area contributed by atoms with Gasteiger partial charge in [-0.2, -0.15) is 4.98 Å². The molecule has 0 radical (unpaired) electrons. The molecule has 102 valence electrons. The van der Waals surface area contributed by atoms with Crippen molar-refractivity contribution in [3.05, 3.63) is 39.4 Å². The van der Waals surface area contributed by atoms with Gasteiger partial charge in [0.25, 0.3) is 5.89 Å². The molecule has 0 N–H and O–H groups in total. The lowest BCUT2D eigenvalue weighted by Gasteiger charge is -2.12. The van der Waals surface area contributed by atoms with Crippen LogP contribution in [0.5, 0.6) is 5.75 Å². The van der Waals surface area contributed by atoms with E-state index in [1.54, 1.807) is 19.2 Å². The molecular formula is C12H12BrClN2O3. The van der Waals surface area contributed by atoms with Gasteiger partial charge in [0.1, 0.15) is 12.4 Å². The summed E-state index contributed by atoms with van der Waals surface area (Å²) in [6.45, 7) is 2.10. The molecule has 0 aliphatic carbocycles. The van der Waals surface area contributed by atoms with Gasteiger partial charge in [-0.15, -0.1) is 0 Å². The first-order chi connectivity index (χ1) is 9.10. The van der Waals surface area contributed by atoms with Gasteiger partial charge in [0.15, 0.2) is 6.10 Å². The molecule has 7 heteroatoms. The van der Waals surface area contributed by atoms with Gasteiger partial charge >= 0.3 is 0 Å². The van der Waals surface area contributed by atoms with E-state index in [0.717, 1.165) is 4.47 Å². The van der Waals surface area contributed by atoms with E-state index in [1.807, 2.05) is 13.0 Å². The summed E-state index contributed by atoms with van der Waals surface area (Å²) in [5.74, 6) is 1.43. The van der Waals surface area contributed by atoms with Gasteiger partial charge in [-0.3, -0.25) is 0 Å². The first-order valence-corrected chi connectivity index (χ1v) is 6.70. The van der Waals surface area contributed by atoms with E-state index in [1.165, 1.54) is 0 Å². The van der Waals surface area contributed by atoms with E-state index in [0.29, 0.717) is 22.5 Å². The molecule has 1 aromatic heterocycles. The second-order valence-corrected chi connectivity index (χ2v) is 5.14. The van der Waals surface area contributed by atoms with Gasteiger partial charge in [-0.25, -0.2) is 0 Å². The Morgan fingerprint density at radius 3 is 2.95 bits per heavy atom. The third-order valence-corrected chi connectivity index (χ3v) is 3.10. The summed E-state index contributed by atoms with van der Waals surface area (Å²) in [7, 11) is 1.56. The van der Waals surface area contributed by atoms with Crippen LogP contribution in [0.1, 0.15) is 24.7 Å². The average Bonchev–Trinajstić information content (AvgIpc) is 2.82. The van der Waals surface area contributed by atoms with Gasteiger partial charge in [0, 0.05) is 11.6 Å². The molecular weight excluding hydrogens is 336 g/mol. The number of ether oxygens (including phenoxy) is 2. The molecule has 0 aliphatic heterocycles. The SMILES string of the molecule is COCc1nc(C(C)Oc2ccc(Br)cc2Cl)no1. The van der Waals surface area contributed by atoms with Crippen LogP contribution in [0.25, 0.3) is 0 Å². The quantitative estimate of drug-likeness (QED) is 0.824. The smallest absolute Gasteiger partial charge is 0.252 e. The minimum absolute atomic E-state index is 0.277. The number of benzene rings is 1. The maximum absolute atomic E-state index is 6.08. The van der Waals surface area contributed by atoms with Crippen molar-refractivity contribution in [3.63, 3.8) is 0 Å². The first kappa shape index (κ1) is 14.3. The molecule has 2 aromatic rings. The van der Waals surface area contributed by atoms with Crippen LogP contribution in [-0.2, 0) is 11.3 Å². The molecule has 1 unspecified atom stereocenters. The Kier molecular flexibility index (Phi) is 4.79. The molecule has 19 heavy (non-hydrogen) atoms. The van der Waals surface area contributed by atoms with E-state index >= 15 is 0 Å². The number of methoxy groups -OCH3 is 1. The van der Waals surface area contributed by atoms with Crippen LogP contribution in [0.2, 0.25) is 5.02 Å². The topological polar surface area (TPSA) is 57.4 Å². The summed E-state index contributed by atoms with van der Waals surface area (Å²) >= 11 is 9.41. The molecule has 1 heterocycles. The summed E-state index contributed by atoms with van der Waals surface area (Å²) < 4.78 is 16.5. The highest BCUT2D eigenvalue weighted by Crippen LogP contribution is 2.30. The summed E-state index contributed by atoms with van der Waals surface area (Å²) in [5, 5.41) is 4.35. The van der Waals surface area contributed by atoms with Crippen molar-refractivity contribution in [3.8, 4) is 5.75 Å². The Labute approximate surface area is 124 Å². The fourth-order valence-corrected chi connectivity index (χ4v) is 2.15. The number of rotatable bonds is 5. The van der Waals surface area contributed by atoms with Gasteiger partial charge < -0.3 is 14.0 Å². The zero-order chi connectivity index (χ0) is 13.8. The highest BCUT2D eigenvalue weighted by molar-refractivity contribution is 9.10. The Bertz CT molecular complexity index is 562. The molecule has 0 amide bonds. The van der Waals surface area contributed by atoms with Gasteiger partial charge in [0.05, 0.1) is 5.02 Å². The van der Waals surface area contributed by atoms with Gasteiger partial charge in [-0.05, 0) is 25.1 Å². The number of halogens is 2. The largest absolute Gasteiger partial charge is 0.481 e. The standard InChI is InChI=1S/C12H12BrClN2O3/c1-7(12-15-11(6-17-2)19-16-12)18-10-4-3-8(13)5-9(10)14/h3-5,7H,6H2,1-2H3. The van der Waals surface area contributed by atoms with Crippen molar-refractivity contribution < 1.29 is 14.0 Å². The van der Waals surface area contributed by atoms with Crippen LogP contribution in [0.15, 0.2) is 27.2 Å². The molecule has 0 aliphatic rings. The molecule has 5 nitrogen and oxygen atoms in total. The molecule has 2 rings (SSSR count). The molecule has 1 atom stereocenters. The average molecular weight is 348 g/mol. The summed E-state index contributed by atoms with van der Waals surface area (Å²) in [5.41, 5.74) is 0. The summed E-state index contributed by atoms with van der Waals surface area (Å²) in [4.78, 5) is 4.16. The van der Waals surface area contributed by atoms with Crippen molar-refractivity contribution in [2.75, 3.05) is 7.11 Å². The first-order valence-electron chi connectivity index (χ1n) is 5.53. The lowest BCUT2D eigenvalue weighted by atomic mass is 10.3. The normalized spacial score (nSPS) is 12.4. The lowest BCUT2D eigenvalue weighted by molar-refractivity contribution is 0.151. The maximum atomic E-state index is 6.08. The molecule has 0 saturated carbocycles. The van der Waals surface area contributed by atoms with Crippen LogP contribution in [0.4, 0.5) is 0 Å². The van der Waals surface area contributed by atoms with Gasteiger partial charge in [-0.1, -0.05) is 32.7 Å². The predicted octanol–water partition coefficient (Wildman–Crippen LogP) is 3.77. The molecule has 0 bridgehead atoms. The monoisotopic (exact) mass is 346 g/mol. The Morgan fingerprint density at radius 2 is 2.26 bits per heavy atom. The Hall–Kier alpha value is -1.11. The third kappa shape index (κ3) is 3.68. The van der Waals surface area contributed by atoms with Crippen LogP contribution in [-0.4, -0.2) is 17.3 Å². The third-order valence-electron chi connectivity index (χ3n) is 2.31. The molecule has 0 spiro atoms. The van der Waals surface area contributed by atoms with Crippen molar-refractivity contribution in [1.82, 2.24) is 10.1 Å². The molecule has 0 fully saturated rings. The predicted molar refractivity (Wildman–Crippen MR) is 73.2 cm³/mol. The van der Waals surface area contributed by atoms with Gasteiger partial charge in [0.2, 0.25) is 5.82 Å². The lowest BCUT2D eigenvalue weighted by Crippen LogP contribution is -2.05. The van der Waals surface area contributed by atoms with E-state index in [2.05, 4.69) is 26.1 Å². The second kappa shape index (κ2) is 6.36. The Morgan fingerprint density at radius 1 is 1.47 bits per heavy atom. The minimum atomic E-state index is -0.368. The van der Waals surface area contributed by atoms with E-state index in [-0.39, 0.29) is 12.7 Å². The summed E-state index contributed by atoms with van der Waals surface area (Å²) in [6.07, 6.45) is -0.368. The fraction of sp³-hybridized carbons (Fsp3) is 0.333. The van der Waals surface area contributed by atoms with E-state index < -0.39 is 0 Å². The number of hydrogen-bond acceptors (Lipinski definition) is 5.